The molecule has 19 heavy (non-hydrogen) atoms. The van der Waals surface area contributed by atoms with Crippen LogP contribution in [-0.4, -0.2) is 37.6 Å². The Morgan fingerprint density at radius 3 is 2.11 bits per heavy atom. The molecule has 2 nitrogen and oxygen atoms in total. The number of rotatable bonds is 4. The molecule has 2 heteroatoms. The van der Waals surface area contributed by atoms with Crippen molar-refractivity contribution in [2.24, 2.45) is 17.3 Å². The van der Waals surface area contributed by atoms with Gasteiger partial charge in [0.05, 0.1) is 0 Å². The van der Waals surface area contributed by atoms with Crippen LogP contribution in [0, 0.1) is 17.3 Å². The average Bonchev–Trinajstić information content (AvgIpc) is 2.38. The molecule has 2 heterocycles. The molecule has 0 aliphatic carbocycles. The van der Waals surface area contributed by atoms with E-state index in [0.29, 0.717) is 5.41 Å². The lowest BCUT2D eigenvalue weighted by molar-refractivity contribution is 0.145. The van der Waals surface area contributed by atoms with Gasteiger partial charge in [-0.3, -0.25) is 0 Å². The number of hydrogen-bond acceptors (Lipinski definition) is 2. The molecule has 0 aromatic carbocycles. The summed E-state index contributed by atoms with van der Waals surface area (Å²) in [6.45, 7) is 13.6. The van der Waals surface area contributed by atoms with E-state index in [1.807, 2.05) is 0 Å². The summed E-state index contributed by atoms with van der Waals surface area (Å²) >= 11 is 0. The molecule has 0 unspecified atom stereocenters. The van der Waals surface area contributed by atoms with Crippen molar-refractivity contribution >= 4 is 0 Å². The second-order valence-corrected chi connectivity index (χ2v) is 8.02. The molecule has 0 radical (unpaired) electrons. The fraction of sp³-hybridized carbons (Fsp3) is 1.00. The number of hydrogen-bond donors (Lipinski definition) is 1. The Kier molecular flexibility index (Phi) is 5.70. The minimum Gasteiger partial charge on any atom is -0.317 e. The van der Waals surface area contributed by atoms with Crippen molar-refractivity contribution in [3.63, 3.8) is 0 Å². The molecule has 0 spiro atoms. The average molecular weight is 266 g/mol. The standard InChI is InChI=1S/C17H34N2/c1-17(2,3)8-13-19-11-6-16(7-12-19)14-15-4-9-18-10-5-15/h15-16,18H,4-14H2,1-3H3. The number of nitrogens with one attached hydrogen (secondary N) is 1. The van der Waals surface area contributed by atoms with Crippen molar-refractivity contribution in [3.05, 3.63) is 0 Å². The minimum absolute atomic E-state index is 0.492. The summed E-state index contributed by atoms with van der Waals surface area (Å²) in [6, 6.07) is 0. The van der Waals surface area contributed by atoms with Gasteiger partial charge in [-0.2, -0.15) is 0 Å². The monoisotopic (exact) mass is 266 g/mol. The largest absolute Gasteiger partial charge is 0.317 e. The minimum atomic E-state index is 0.492. The first-order valence-corrected chi connectivity index (χ1v) is 8.46. The Morgan fingerprint density at radius 2 is 1.53 bits per heavy atom. The zero-order valence-corrected chi connectivity index (χ0v) is 13.4. The summed E-state index contributed by atoms with van der Waals surface area (Å²) in [5.41, 5.74) is 0.492. The lowest BCUT2D eigenvalue weighted by Gasteiger charge is -2.35. The molecule has 2 aliphatic rings. The first-order chi connectivity index (χ1) is 9.03. The zero-order chi connectivity index (χ0) is 13.7. The topological polar surface area (TPSA) is 15.3 Å². The SMILES string of the molecule is CC(C)(C)CCN1CCC(CC2CCNCC2)CC1. The van der Waals surface area contributed by atoms with Crippen molar-refractivity contribution in [3.8, 4) is 0 Å². The number of likely N-dealkylation sites (tertiary alicyclic amines) is 1. The van der Waals surface area contributed by atoms with Crippen LogP contribution in [0.2, 0.25) is 0 Å². The van der Waals surface area contributed by atoms with Crippen molar-refractivity contribution in [2.45, 2.75) is 59.3 Å². The van der Waals surface area contributed by atoms with E-state index in [2.05, 4.69) is 31.0 Å². The summed E-state index contributed by atoms with van der Waals surface area (Å²) < 4.78 is 0. The molecule has 0 bridgehead atoms. The maximum absolute atomic E-state index is 3.48. The molecule has 0 aromatic heterocycles. The zero-order valence-electron chi connectivity index (χ0n) is 13.4. The van der Waals surface area contributed by atoms with Crippen molar-refractivity contribution < 1.29 is 0 Å². The smallest absolute Gasteiger partial charge is 0.00137 e. The maximum Gasteiger partial charge on any atom is -0.00137 e. The highest BCUT2D eigenvalue weighted by Crippen LogP contribution is 2.29. The molecule has 2 rings (SSSR count). The molecule has 0 amide bonds. The van der Waals surface area contributed by atoms with Crippen LogP contribution in [0.3, 0.4) is 0 Å². The van der Waals surface area contributed by atoms with Gasteiger partial charge in [0.1, 0.15) is 0 Å². The van der Waals surface area contributed by atoms with Crippen LogP contribution >= 0.6 is 0 Å². The Bertz CT molecular complexity index is 242. The number of nitrogens with zero attached hydrogens (tertiary/aromatic N) is 1. The second-order valence-electron chi connectivity index (χ2n) is 8.02. The quantitative estimate of drug-likeness (QED) is 0.837. The van der Waals surface area contributed by atoms with E-state index in [-0.39, 0.29) is 0 Å². The van der Waals surface area contributed by atoms with Gasteiger partial charge < -0.3 is 10.2 Å². The Hall–Kier alpha value is -0.0800. The van der Waals surface area contributed by atoms with Crippen LogP contribution < -0.4 is 5.32 Å². The Labute approximate surface area is 120 Å². The second kappa shape index (κ2) is 7.08. The predicted octanol–water partition coefficient (Wildman–Crippen LogP) is 3.52. The lowest BCUT2D eigenvalue weighted by atomic mass is 9.83. The first kappa shape index (κ1) is 15.3. The third-order valence-electron chi connectivity index (χ3n) is 5.01. The van der Waals surface area contributed by atoms with Crippen molar-refractivity contribution in [1.82, 2.24) is 10.2 Å². The van der Waals surface area contributed by atoms with E-state index in [9.17, 15) is 0 Å². The van der Waals surface area contributed by atoms with Crippen molar-refractivity contribution in [1.29, 1.82) is 0 Å². The van der Waals surface area contributed by atoms with Gasteiger partial charge in [0, 0.05) is 0 Å². The van der Waals surface area contributed by atoms with E-state index in [1.54, 1.807) is 0 Å². The molecular formula is C17H34N2. The van der Waals surface area contributed by atoms with Crippen molar-refractivity contribution in [2.75, 3.05) is 32.7 Å². The molecule has 0 atom stereocenters. The van der Waals surface area contributed by atoms with Gasteiger partial charge in [-0.15, -0.1) is 0 Å². The van der Waals surface area contributed by atoms with Gasteiger partial charge in [0.15, 0.2) is 0 Å². The van der Waals surface area contributed by atoms with Crippen LogP contribution in [0.4, 0.5) is 0 Å². The summed E-state index contributed by atoms with van der Waals surface area (Å²) in [5.74, 6) is 2.04. The third-order valence-corrected chi connectivity index (χ3v) is 5.01. The van der Waals surface area contributed by atoms with E-state index in [0.717, 1.165) is 11.8 Å². The Balaban J connectivity index is 1.62. The maximum atomic E-state index is 3.48. The predicted molar refractivity (Wildman–Crippen MR) is 83.4 cm³/mol. The van der Waals surface area contributed by atoms with Gasteiger partial charge in [-0.05, 0) is 88.5 Å². The van der Waals surface area contributed by atoms with E-state index >= 15 is 0 Å². The van der Waals surface area contributed by atoms with Gasteiger partial charge in [-0.1, -0.05) is 20.8 Å². The fourth-order valence-electron chi connectivity index (χ4n) is 3.53. The van der Waals surface area contributed by atoms with E-state index in [1.165, 1.54) is 71.2 Å². The van der Waals surface area contributed by atoms with Gasteiger partial charge in [0.25, 0.3) is 0 Å². The third kappa shape index (κ3) is 5.83. The normalized spacial score (nSPS) is 24.8. The van der Waals surface area contributed by atoms with Gasteiger partial charge >= 0.3 is 0 Å². The molecule has 2 saturated heterocycles. The molecule has 2 aliphatic heterocycles. The van der Waals surface area contributed by atoms with Gasteiger partial charge in [-0.25, -0.2) is 0 Å². The summed E-state index contributed by atoms with van der Waals surface area (Å²) in [7, 11) is 0. The van der Waals surface area contributed by atoms with Crippen LogP contribution in [0.15, 0.2) is 0 Å². The van der Waals surface area contributed by atoms with Crippen LogP contribution in [0.5, 0.6) is 0 Å². The van der Waals surface area contributed by atoms with Crippen LogP contribution in [-0.2, 0) is 0 Å². The molecular weight excluding hydrogens is 232 g/mol. The molecule has 1 N–H and O–H groups in total. The molecule has 112 valence electrons. The lowest BCUT2D eigenvalue weighted by Crippen LogP contribution is -2.37. The van der Waals surface area contributed by atoms with E-state index in [4.69, 9.17) is 0 Å². The number of piperidine rings is 2. The first-order valence-electron chi connectivity index (χ1n) is 8.46. The fourth-order valence-corrected chi connectivity index (χ4v) is 3.53. The van der Waals surface area contributed by atoms with Crippen LogP contribution in [0.1, 0.15) is 59.3 Å². The molecule has 0 saturated carbocycles. The highest BCUT2D eigenvalue weighted by molar-refractivity contribution is 4.78. The molecule has 2 fully saturated rings. The molecule has 0 aromatic rings. The highest BCUT2D eigenvalue weighted by atomic mass is 15.1. The van der Waals surface area contributed by atoms with Crippen LogP contribution in [0.25, 0.3) is 0 Å². The summed E-state index contributed by atoms with van der Waals surface area (Å²) in [4.78, 5) is 2.70. The summed E-state index contributed by atoms with van der Waals surface area (Å²) in [5, 5.41) is 3.48. The van der Waals surface area contributed by atoms with E-state index < -0.39 is 0 Å². The van der Waals surface area contributed by atoms with Gasteiger partial charge in [0.2, 0.25) is 0 Å². The summed E-state index contributed by atoms with van der Waals surface area (Å²) in [6.07, 6.45) is 8.59. The Morgan fingerprint density at radius 1 is 0.947 bits per heavy atom. The highest BCUT2D eigenvalue weighted by Gasteiger charge is 2.24.